The quantitative estimate of drug-likeness (QED) is 0.792. The molecule has 122 valence electrons. The lowest BCUT2D eigenvalue weighted by Crippen LogP contribution is -2.13. The van der Waals surface area contributed by atoms with Gasteiger partial charge in [0.05, 0.1) is 12.4 Å². The third kappa shape index (κ3) is 3.89. The van der Waals surface area contributed by atoms with Crippen LogP contribution in [0.2, 0.25) is 0 Å². The molecule has 0 bridgehead atoms. The van der Waals surface area contributed by atoms with Crippen molar-refractivity contribution in [3.05, 3.63) is 72.2 Å². The number of pyridine rings is 1. The largest absolute Gasteiger partial charge is 0.454 e. The summed E-state index contributed by atoms with van der Waals surface area (Å²) in [6, 6.07) is 8.97. The lowest BCUT2D eigenvalue weighted by molar-refractivity contribution is 0.102. The summed E-state index contributed by atoms with van der Waals surface area (Å²) in [5, 5.41) is 2.62. The number of hydrogen-bond donors (Lipinski definition) is 1. The van der Waals surface area contributed by atoms with Crippen LogP contribution in [0.1, 0.15) is 17.5 Å². The summed E-state index contributed by atoms with van der Waals surface area (Å²) in [6.45, 7) is 1.81. The van der Waals surface area contributed by atoms with Crippen LogP contribution in [0.3, 0.4) is 0 Å². The maximum atomic E-state index is 13.8. The van der Waals surface area contributed by atoms with E-state index in [2.05, 4.69) is 20.3 Å². The Labute approximate surface area is 138 Å². The van der Waals surface area contributed by atoms with Gasteiger partial charge in [0.15, 0.2) is 5.75 Å². The van der Waals surface area contributed by atoms with E-state index in [9.17, 15) is 9.18 Å². The molecule has 1 N–H and O–H groups in total. The first kappa shape index (κ1) is 15.5. The van der Waals surface area contributed by atoms with Gasteiger partial charge in [-0.15, -0.1) is 0 Å². The molecular formula is C17H15FN4O2. The molecule has 0 saturated heterocycles. The van der Waals surface area contributed by atoms with Gasteiger partial charge in [-0.3, -0.25) is 4.79 Å². The van der Waals surface area contributed by atoms with Gasteiger partial charge in [0.1, 0.15) is 23.7 Å². The zero-order chi connectivity index (χ0) is 16.9. The van der Waals surface area contributed by atoms with Crippen molar-refractivity contribution in [1.29, 1.82) is 0 Å². The second-order valence-electron chi connectivity index (χ2n) is 4.97. The predicted molar refractivity (Wildman–Crippen MR) is 87.5 cm³/mol. The van der Waals surface area contributed by atoms with E-state index in [-0.39, 0.29) is 12.7 Å². The van der Waals surface area contributed by atoms with Crippen molar-refractivity contribution in [2.45, 2.75) is 6.92 Å². The van der Waals surface area contributed by atoms with Gasteiger partial charge in [-0.2, -0.15) is 0 Å². The molecule has 0 aliphatic rings. The molecule has 0 aliphatic heterocycles. The molecule has 3 rings (SSSR count). The third-order valence-electron chi connectivity index (χ3n) is 3.04. The molecule has 1 aromatic carbocycles. The van der Waals surface area contributed by atoms with E-state index < -0.39 is 11.7 Å². The highest BCUT2D eigenvalue weighted by Crippen LogP contribution is 2.23. The summed E-state index contributed by atoms with van der Waals surface area (Å²) in [5.74, 6) is -0.168. The molecule has 0 aliphatic carbocycles. The van der Waals surface area contributed by atoms with Crippen LogP contribution in [-0.2, 0) is 0 Å². The Morgan fingerprint density at radius 2 is 1.96 bits per heavy atom. The van der Waals surface area contributed by atoms with Crippen molar-refractivity contribution in [2.75, 3.05) is 5.32 Å². The van der Waals surface area contributed by atoms with Crippen LogP contribution in [0, 0.1) is 12.7 Å². The summed E-state index contributed by atoms with van der Waals surface area (Å²) in [4.78, 5) is 24.1. The second-order valence-corrected chi connectivity index (χ2v) is 4.97. The maximum absolute atomic E-state index is 13.8. The molecule has 0 spiro atoms. The summed E-state index contributed by atoms with van der Waals surface area (Å²) < 4.78 is 19.2. The minimum Gasteiger partial charge on any atom is -0.454 e. The van der Waals surface area contributed by atoms with E-state index in [1.54, 1.807) is 12.1 Å². The predicted octanol–water partition coefficient (Wildman–Crippen LogP) is 3.61. The Kier molecular flexibility index (Phi) is 4.42. The Hall–Kier alpha value is -3.35. The second kappa shape index (κ2) is 6.82. The van der Waals surface area contributed by atoms with Crippen LogP contribution in [-0.4, -0.2) is 20.9 Å². The van der Waals surface area contributed by atoms with Crippen molar-refractivity contribution in [3.63, 3.8) is 0 Å². The lowest BCUT2D eigenvalue weighted by atomic mass is 10.2. The van der Waals surface area contributed by atoms with Crippen molar-refractivity contribution >= 4 is 11.7 Å². The number of halogens is 1. The molecule has 24 heavy (non-hydrogen) atoms. The molecule has 0 atom stereocenters. The average molecular weight is 326 g/mol. The van der Waals surface area contributed by atoms with E-state index in [1.807, 2.05) is 13.0 Å². The fourth-order valence-electron chi connectivity index (χ4n) is 2.03. The number of carbonyl (C=O) groups is 1. The number of nitrogens with one attached hydrogen (secondary N) is 1. The van der Waals surface area contributed by atoms with E-state index in [1.165, 1.54) is 30.9 Å². The maximum Gasteiger partial charge on any atom is 0.257 e. The van der Waals surface area contributed by atoms with Crippen LogP contribution >= 0.6 is 0 Å². The number of aryl methyl sites for hydroxylation is 1. The fraction of sp³-hybridized carbons (Fsp3) is 0.0588. The SMILES string of the molecule is Cc1cccc(NC(=O)c2cc(F)cc(Oc3cncnc3)c2)n1.[HH]. The zero-order valence-corrected chi connectivity index (χ0v) is 12.7. The van der Waals surface area contributed by atoms with Gasteiger partial charge in [-0.1, -0.05) is 6.07 Å². The van der Waals surface area contributed by atoms with Gasteiger partial charge in [0, 0.05) is 18.8 Å². The summed E-state index contributed by atoms with van der Waals surface area (Å²) in [6.07, 6.45) is 4.23. The van der Waals surface area contributed by atoms with Crippen LogP contribution < -0.4 is 10.1 Å². The highest BCUT2D eigenvalue weighted by molar-refractivity contribution is 6.04. The number of ether oxygens (including phenoxy) is 1. The first-order chi connectivity index (χ1) is 11.6. The van der Waals surface area contributed by atoms with E-state index in [0.717, 1.165) is 11.8 Å². The molecule has 7 heteroatoms. The van der Waals surface area contributed by atoms with Crippen LogP contribution in [0.25, 0.3) is 0 Å². The van der Waals surface area contributed by atoms with Gasteiger partial charge in [0.2, 0.25) is 0 Å². The van der Waals surface area contributed by atoms with Crippen LogP contribution in [0.5, 0.6) is 11.5 Å². The Morgan fingerprint density at radius 3 is 2.71 bits per heavy atom. The number of amides is 1. The molecule has 1 amide bonds. The Bertz CT molecular complexity index is 878. The van der Waals surface area contributed by atoms with E-state index >= 15 is 0 Å². The first-order valence-corrected chi connectivity index (χ1v) is 7.08. The van der Waals surface area contributed by atoms with Crippen molar-refractivity contribution in [3.8, 4) is 11.5 Å². The third-order valence-corrected chi connectivity index (χ3v) is 3.04. The summed E-state index contributed by atoms with van der Waals surface area (Å²) in [7, 11) is 0. The molecule has 2 aromatic heterocycles. The average Bonchev–Trinajstić information content (AvgIpc) is 2.55. The molecule has 2 heterocycles. The normalized spacial score (nSPS) is 10.2. The highest BCUT2D eigenvalue weighted by atomic mass is 19.1. The van der Waals surface area contributed by atoms with Gasteiger partial charge in [-0.05, 0) is 31.2 Å². The van der Waals surface area contributed by atoms with Crippen LogP contribution in [0.4, 0.5) is 10.2 Å². The number of carbonyl (C=O) groups excluding carboxylic acids is 1. The summed E-state index contributed by atoms with van der Waals surface area (Å²) >= 11 is 0. The lowest BCUT2D eigenvalue weighted by Gasteiger charge is -2.08. The van der Waals surface area contributed by atoms with Crippen molar-refractivity contribution in [2.24, 2.45) is 0 Å². The Balaban J connectivity index is 0.00000225. The minimum absolute atomic E-state index is 0. The minimum atomic E-state index is -0.591. The highest BCUT2D eigenvalue weighted by Gasteiger charge is 2.11. The van der Waals surface area contributed by atoms with Crippen molar-refractivity contribution < 1.29 is 15.3 Å². The molecule has 0 saturated carbocycles. The van der Waals surface area contributed by atoms with Gasteiger partial charge in [0.25, 0.3) is 5.91 Å². The van der Waals surface area contributed by atoms with E-state index in [4.69, 9.17) is 4.74 Å². The van der Waals surface area contributed by atoms with Gasteiger partial charge < -0.3 is 10.1 Å². The molecule has 0 radical (unpaired) electrons. The number of hydrogen-bond acceptors (Lipinski definition) is 5. The number of anilines is 1. The fourth-order valence-corrected chi connectivity index (χ4v) is 2.03. The van der Waals surface area contributed by atoms with Crippen LogP contribution in [0.15, 0.2) is 55.1 Å². The molecule has 6 nitrogen and oxygen atoms in total. The zero-order valence-electron chi connectivity index (χ0n) is 12.7. The topological polar surface area (TPSA) is 77.0 Å². The molecule has 0 fully saturated rings. The standard InChI is InChI=1S/C17H13FN4O2.H2/c1-11-3-2-4-16(21-11)22-17(23)12-5-13(18)7-14(6-12)24-15-8-19-10-20-9-15;/h2-10H,1H3,(H,21,22,23);1H. The number of benzene rings is 1. The molecule has 3 aromatic rings. The van der Waals surface area contributed by atoms with Crippen molar-refractivity contribution in [1.82, 2.24) is 15.0 Å². The monoisotopic (exact) mass is 326 g/mol. The Morgan fingerprint density at radius 1 is 1.17 bits per heavy atom. The smallest absolute Gasteiger partial charge is 0.257 e. The van der Waals surface area contributed by atoms with Gasteiger partial charge >= 0.3 is 0 Å². The number of rotatable bonds is 4. The van der Waals surface area contributed by atoms with Gasteiger partial charge in [-0.25, -0.2) is 19.3 Å². The first-order valence-electron chi connectivity index (χ1n) is 7.08. The molecule has 0 unspecified atom stereocenters. The number of aromatic nitrogens is 3. The number of nitrogens with zero attached hydrogens (tertiary/aromatic N) is 3. The summed E-state index contributed by atoms with van der Waals surface area (Å²) in [5.41, 5.74) is 0.880. The molecular weight excluding hydrogens is 311 g/mol. The van der Waals surface area contributed by atoms with E-state index in [0.29, 0.717) is 11.6 Å².